The minimum Gasteiger partial charge on any atom is -0.501 e. The van der Waals surface area contributed by atoms with Crippen molar-refractivity contribution in [2.75, 3.05) is 51.3 Å². The van der Waals surface area contributed by atoms with E-state index in [1.54, 1.807) is 19.1 Å². The van der Waals surface area contributed by atoms with Crippen LogP contribution >= 0.6 is 0 Å². The molecule has 0 aliphatic carbocycles. The van der Waals surface area contributed by atoms with Crippen molar-refractivity contribution < 1.29 is 19.4 Å². The number of carbonyl (C=O) groups excluding carboxylic acids is 1. The second-order valence-corrected chi connectivity index (χ2v) is 7.38. The number of hydrogen-bond donors (Lipinski definition) is 3. The summed E-state index contributed by atoms with van der Waals surface area (Å²) in [6, 6.07) is 4.55. The molecule has 9 nitrogen and oxygen atoms in total. The van der Waals surface area contributed by atoms with Crippen LogP contribution in [0, 0.1) is 12.7 Å². The molecular formula is C20H26FN5O4. The van der Waals surface area contributed by atoms with E-state index in [4.69, 9.17) is 5.11 Å². The van der Waals surface area contributed by atoms with Gasteiger partial charge in [-0.1, -0.05) is 12.1 Å². The SMILES string of the molecule is Cc1cc(CN(C)C(=O)c2nc(N3CCN(CCO)CC3)[nH]c(=O)c2O)ccc1F. The highest BCUT2D eigenvalue weighted by molar-refractivity contribution is 5.94. The van der Waals surface area contributed by atoms with Gasteiger partial charge in [0.1, 0.15) is 5.82 Å². The molecule has 3 rings (SSSR count). The first kappa shape index (κ1) is 21.7. The van der Waals surface area contributed by atoms with Crippen molar-refractivity contribution in [3.8, 4) is 5.75 Å². The van der Waals surface area contributed by atoms with E-state index in [1.807, 2.05) is 4.90 Å². The second kappa shape index (κ2) is 9.23. The molecule has 0 saturated carbocycles. The molecule has 0 radical (unpaired) electrons. The number of aromatic amines is 1. The third kappa shape index (κ3) is 4.77. The summed E-state index contributed by atoms with van der Waals surface area (Å²) in [7, 11) is 1.52. The molecule has 1 fully saturated rings. The Hall–Kier alpha value is -2.98. The van der Waals surface area contributed by atoms with E-state index in [9.17, 15) is 19.1 Å². The lowest BCUT2D eigenvalue weighted by molar-refractivity contribution is 0.0775. The van der Waals surface area contributed by atoms with Gasteiger partial charge in [0, 0.05) is 46.3 Å². The zero-order chi connectivity index (χ0) is 21.8. The third-order valence-electron chi connectivity index (χ3n) is 5.16. The lowest BCUT2D eigenvalue weighted by Crippen LogP contribution is -2.48. The van der Waals surface area contributed by atoms with E-state index in [0.717, 1.165) is 0 Å². The van der Waals surface area contributed by atoms with Gasteiger partial charge in [0.25, 0.3) is 11.5 Å². The monoisotopic (exact) mass is 419 g/mol. The topological polar surface area (TPSA) is 113 Å². The number of carbonyl (C=O) groups is 1. The van der Waals surface area contributed by atoms with Crippen LogP contribution in [0.25, 0.3) is 0 Å². The van der Waals surface area contributed by atoms with Gasteiger partial charge in [0.15, 0.2) is 5.69 Å². The molecule has 0 atom stereocenters. The van der Waals surface area contributed by atoms with E-state index in [-0.39, 0.29) is 30.6 Å². The van der Waals surface area contributed by atoms with Crippen molar-refractivity contribution in [1.29, 1.82) is 0 Å². The molecule has 1 amide bonds. The number of aliphatic hydroxyl groups excluding tert-OH is 1. The number of halogens is 1. The molecule has 1 aromatic heterocycles. The van der Waals surface area contributed by atoms with Crippen LogP contribution in [0.1, 0.15) is 21.6 Å². The molecule has 2 heterocycles. The summed E-state index contributed by atoms with van der Waals surface area (Å²) in [5, 5.41) is 19.2. The zero-order valence-corrected chi connectivity index (χ0v) is 17.1. The van der Waals surface area contributed by atoms with Crippen molar-refractivity contribution in [2.45, 2.75) is 13.5 Å². The second-order valence-electron chi connectivity index (χ2n) is 7.38. The third-order valence-corrected chi connectivity index (χ3v) is 5.16. The summed E-state index contributed by atoms with van der Waals surface area (Å²) in [5.74, 6) is -1.45. The Morgan fingerprint density at radius 2 is 2.00 bits per heavy atom. The number of nitrogens with one attached hydrogen (secondary N) is 1. The van der Waals surface area contributed by atoms with Crippen LogP contribution in [0.3, 0.4) is 0 Å². The first-order valence-corrected chi connectivity index (χ1v) is 9.72. The summed E-state index contributed by atoms with van der Waals surface area (Å²) in [6.45, 7) is 4.94. The smallest absolute Gasteiger partial charge is 0.295 e. The standard InChI is InChI=1S/C20H26FN5O4/c1-13-11-14(3-4-15(13)21)12-24(2)19(30)16-17(28)18(29)23-20(22-16)26-7-5-25(6-8-26)9-10-27/h3-4,11,27-28H,5-10,12H2,1-2H3,(H,22,23,29). The summed E-state index contributed by atoms with van der Waals surface area (Å²) in [5.41, 5.74) is 0.0717. The number of piperazine rings is 1. The van der Waals surface area contributed by atoms with Gasteiger partial charge in [-0.05, 0) is 24.1 Å². The number of rotatable bonds is 6. The highest BCUT2D eigenvalue weighted by Gasteiger charge is 2.25. The Labute approximate surface area is 173 Å². The van der Waals surface area contributed by atoms with Crippen LogP contribution in [-0.2, 0) is 6.54 Å². The lowest BCUT2D eigenvalue weighted by Gasteiger charge is -2.34. The Bertz CT molecular complexity index is 972. The van der Waals surface area contributed by atoms with Crippen LogP contribution in [0.2, 0.25) is 0 Å². The highest BCUT2D eigenvalue weighted by atomic mass is 19.1. The van der Waals surface area contributed by atoms with E-state index >= 15 is 0 Å². The fraction of sp³-hybridized carbons (Fsp3) is 0.450. The molecule has 1 saturated heterocycles. The molecule has 1 aromatic carbocycles. The fourth-order valence-electron chi connectivity index (χ4n) is 3.41. The van der Waals surface area contributed by atoms with Crippen molar-refractivity contribution >= 4 is 11.9 Å². The van der Waals surface area contributed by atoms with E-state index < -0.39 is 17.2 Å². The van der Waals surface area contributed by atoms with E-state index in [0.29, 0.717) is 43.9 Å². The number of H-pyrrole nitrogens is 1. The lowest BCUT2D eigenvalue weighted by atomic mass is 10.1. The number of hydrogen-bond acceptors (Lipinski definition) is 7. The average molecular weight is 419 g/mol. The number of nitrogens with zero attached hydrogens (tertiary/aromatic N) is 4. The molecule has 0 bridgehead atoms. The molecule has 1 aliphatic heterocycles. The molecule has 10 heteroatoms. The Morgan fingerprint density at radius 3 is 2.63 bits per heavy atom. The largest absolute Gasteiger partial charge is 0.501 e. The molecule has 0 spiro atoms. The van der Waals surface area contributed by atoms with E-state index in [2.05, 4.69) is 14.9 Å². The number of aliphatic hydroxyl groups is 1. The van der Waals surface area contributed by atoms with Gasteiger partial charge >= 0.3 is 0 Å². The Balaban J connectivity index is 1.78. The van der Waals surface area contributed by atoms with Crippen molar-refractivity contribution in [3.05, 3.63) is 51.2 Å². The van der Waals surface area contributed by atoms with Gasteiger partial charge in [0.05, 0.1) is 6.61 Å². The summed E-state index contributed by atoms with van der Waals surface area (Å²) in [6.07, 6.45) is 0. The number of amides is 1. The maximum Gasteiger partial charge on any atom is 0.295 e. The highest BCUT2D eigenvalue weighted by Crippen LogP contribution is 2.18. The van der Waals surface area contributed by atoms with Crippen LogP contribution in [-0.4, -0.2) is 82.3 Å². The van der Waals surface area contributed by atoms with Gasteiger partial charge in [-0.3, -0.25) is 19.5 Å². The van der Waals surface area contributed by atoms with Crippen molar-refractivity contribution in [3.63, 3.8) is 0 Å². The number of anilines is 1. The average Bonchev–Trinajstić information content (AvgIpc) is 2.73. The minimum absolute atomic E-state index is 0.0762. The molecule has 2 aromatic rings. The molecule has 0 unspecified atom stereocenters. The van der Waals surface area contributed by atoms with Crippen molar-refractivity contribution in [2.24, 2.45) is 0 Å². The molecule has 1 aliphatic rings. The first-order chi connectivity index (χ1) is 14.3. The van der Waals surface area contributed by atoms with Crippen LogP contribution in [0.5, 0.6) is 5.75 Å². The summed E-state index contributed by atoms with van der Waals surface area (Å²) >= 11 is 0. The first-order valence-electron chi connectivity index (χ1n) is 9.72. The Morgan fingerprint density at radius 1 is 1.30 bits per heavy atom. The number of aryl methyl sites for hydroxylation is 1. The predicted octanol–water partition coefficient (Wildman–Crippen LogP) is 0.310. The van der Waals surface area contributed by atoms with Gasteiger partial charge in [-0.25, -0.2) is 9.37 Å². The summed E-state index contributed by atoms with van der Waals surface area (Å²) in [4.78, 5) is 37.0. The number of aromatic hydroxyl groups is 1. The van der Waals surface area contributed by atoms with Gasteiger partial charge in [0.2, 0.25) is 11.7 Å². The summed E-state index contributed by atoms with van der Waals surface area (Å²) < 4.78 is 13.5. The number of benzene rings is 1. The molecular weight excluding hydrogens is 393 g/mol. The normalized spacial score (nSPS) is 14.7. The van der Waals surface area contributed by atoms with Crippen LogP contribution in [0.4, 0.5) is 10.3 Å². The van der Waals surface area contributed by atoms with Crippen molar-refractivity contribution in [1.82, 2.24) is 19.8 Å². The maximum absolute atomic E-state index is 13.5. The maximum atomic E-state index is 13.5. The molecule has 162 valence electrons. The van der Waals surface area contributed by atoms with Gasteiger partial charge in [-0.15, -0.1) is 0 Å². The van der Waals surface area contributed by atoms with E-state index in [1.165, 1.54) is 18.0 Å². The molecule has 3 N–H and O–H groups in total. The van der Waals surface area contributed by atoms with Gasteiger partial charge in [-0.2, -0.15) is 0 Å². The van der Waals surface area contributed by atoms with Gasteiger partial charge < -0.3 is 20.0 Å². The predicted molar refractivity (Wildman–Crippen MR) is 109 cm³/mol. The zero-order valence-electron chi connectivity index (χ0n) is 17.1. The fourth-order valence-corrected chi connectivity index (χ4v) is 3.41. The quantitative estimate of drug-likeness (QED) is 0.618. The minimum atomic E-state index is -0.785. The van der Waals surface area contributed by atoms with Crippen LogP contribution in [0.15, 0.2) is 23.0 Å². The van der Waals surface area contributed by atoms with Crippen LogP contribution < -0.4 is 10.5 Å². The Kier molecular flexibility index (Phi) is 6.68. The number of aromatic nitrogens is 2. The number of β-amino-alcohol motifs (C(OH)–C–C–N with tert-alkyl or cyclic N) is 1. The molecule has 30 heavy (non-hydrogen) atoms.